The summed E-state index contributed by atoms with van der Waals surface area (Å²) in [6.45, 7) is 3.15. The van der Waals surface area contributed by atoms with Crippen molar-refractivity contribution in [3.05, 3.63) is 108 Å². The third kappa shape index (κ3) is 14.7. The predicted octanol–water partition coefficient (Wildman–Crippen LogP) is 6.25. The number of para-hydroxylation sites is 1. The molecule has 3 unspecified atom stereocenters. The predicted molar refractivity (Wildman–Crippen MR) is 268 cm³/mol. The number of amides is 7. The van der Waals surface area contributed by atoms with E-state index in [4.69, 9.17) is 16.3 Å². The van der Waals surface area contributed by atoms with E-state index in [1.165, 1.54) is 6.08 Å². The van der Waals surface area contributed by atoms with E-state index in [-0.39, 0.29) is 41.9 Å². The minimum Gasteiger partial charge on any atom is -0.378 e. The zero-order valence-electron chi connectivity index (χ0n) is 37.7. The van der Waals surface area contributed by atoms with Crippen LogP contribution in [0.3, 0.4) is 0 Å². The Balaban J connectivity index is 0.703. The Kier molecular flexibility index (Phi) is 18.0. The lowest BCUT2D eigenvalue weighted by atomic mass is 10.0. The molecule has 2 fully saturated rings. The summed E-state index contributed by atoms with van der Waals surface area (Å²) in [5, 5.41) is 25.1. The van der Waals surface area contributed by atoms with Crippen LogP contribution in [0.2, 0.25) is 5.02 Å². The summed E-state index contributed by atoms with van der Waals surface area (Å²) < 4.78 is 5.52. The third-order valence-corrected chi connectivity index (χ3v) is 13.0. The number of halogens is 1. The molecule has 4 heterocycles. The Morgan fingerprint density at radius 1 is 0.897 bits per heavy atom. The Morgan fingerprint density at radius 2 is 1.69 bits per heavy atom. The van der Waals surface area contributed by atoms with Gasteiger partial charge in [-0.2, -0.15) is 11.8 Å². The first-order valence-electron chi connectivity index (χ1n) is 22.7. The highest BCUT2D eigenvalue weighted by Crippen LogP contribution is 2.34. The molecule has 3 atom stereocenters. The second-order valence-electron chi connectivity index (χ2n) is 16.4. The van der Waals surface area contributed by atoms with Crippen molar-refractivity contribution in [1.82, 2.24) is 46.4 Å². The molecule has 3 aromatic carbocycles. The molecule has 0 saturated carbocycles. The topological polar surface area (TPSA) is 236 Å². The maximum absolute atomic E-state index is 13.1. The van der Waals surface area contributed by atoms with Gasteiger partial charge in [0, 0.05) is 95.0 Å². The minimum atomic E-state index is -0.319. The first kappa shape index (κ1) is 49.2. The third-order valence-electron chi connectivity index (χ3n) is 11.2. The van der Waals surface area contributed by atoms with Crippen molar-refractivity contribution in [1.29, 1.82) is 0 Å². The summed E-state index contributed by atoms with van der Waals surface area (Å²) in [7, 11) is 1.93. The van der Waals surface area contributed by atoms with Crippen LogP contribution in [-0.2, 0) is 14.3 Å². The molecule has 0 spiro atoms. The van der Waals surface area contributed by atoms with Crippen molar-refractivity contribution >= 4 is 87.1 Å². The van der Waals surface area contributed by atoms with E-state index in [2.05, 4.69) is 57.5 Å². The smallest absolute Gasteiger partial charge is 0.315 e. The summed E-state index contributed by atoms with van der Waals surface area (Å²) in [5.41, 5.74) is 4.60. The number of unbranched alkanes of at least 4 members (excludes halogenated alkanes) is 1. The number of carbonyl (C=O) groups excluding carboxylic acids is 5. The average Bonchev–Trinajstić information content (AvgIpc) is 4.04. The summed E-state index contributed by atoms with van der Waals surface area (Å²) >= 11 is 8.38. The number of fused-ring (bicyclic) bond motifs is 2. The molecule has 9 N–H and O–H groups in total. The highest BCUT2D eigenvalue weighted by atomic mass is 35.5. The van der Waals surface area contributed by atoms with Crippen LogP contribution in [0.25, 0.3) is 22.2 Å². The van der Waals surface area contributed by atoms with Crippen molar-refractivity contribution in [2.75, 3.05) is 74.7 Å². The quantitative estimate of drug-likeness (QED) is 0.0191. The second kappa shape index (κ2) is 24.9. The molecule has 7 amide bonds. The number of nitrogens with zero attached hydrogens (tertiary/aromatic N) is 3. The van der Waals surface area contributed by atoms with Crippen LogP contribution in [0.1, 0.15) is 42.5 Å². The van der Waals surface area contributed by atoms with E-state index in [1.807, 2.05) is 60.2 Å². The van der Waals surface area contributed by atoms with Crippen molar-refractivity contribution < 1.29 is 28.7 Å². The lowest BCUT2D eigenvalue weighted by molar-refractivity contribution is -0.121. The van der Waals surface area contributed by atoms with E-state index in [0.29, 0.717) is 103 Å². The largest absolute Gasteiger partial charge is 0.378 e. The Bertz CT molecular complexity index is 2560. The molecular weight excluding hydrogens is 908 g/mol. The van der Waals surface area contributed by atoms with Crippen LogP contribution in [0.4, 0.5) is 32.6 Å². The van der Waals surface area contributed by atoms with E-state index in [1.54, 1.807) is 54.7 Å². The lowest BCUT2D eigenvalue weighted by Crippen LogP contribution is -2.38. The molecule has 2 aromatic heterocycles. The van der Waals surface area contributed by atoms with Crippen molar-refractivity contribution in [3.63, 3.8) is 0 Å². The fraction of sp³-hybridized carbons (Fsp3) is 0.354. The van der Waals surface area contributed by atoms with Gasteiger partial charge in [0.2, 0.25) is 17.8 Å². The summed E-state index contributed by atoms with van der Waals surface area (Å²) in [5.74, 6) is 0.653. The standard InChI is InChI=1S/C48H57ClN12O6S/c1-61(24-8-20-51-47(65)52-22-26-67-25-21-50-41(62)14-5-4-13-40-44-39(30-68-40)58-48(66)60-44)23-7-15-42(63)55-32-18-16-31(17-19-32)45(64)56-33-9-6-10-34(27-33)57-46-54-29-37(49)43(59-46)36-28-53-38-12-3-2-11-35(36)38/h2-3,6-7,9-12,15-19,27-29,39-40,44,53H,4-5,8,13-14,20-26,30H2,1H3,(H,50,62)(H,55,63)(H,56,64)(H2,51,52,65)(H,54,57,59)(H2,58,60,66)/b15-7+. The number of hydrogen-bond acceptors (Lipinski definition) is 11. The Hall–Kier alpha value is -6.67. The maximum atomic E-state index is 13.1. The van der Waals surface area contributed by atoms with Gasteiger partial charge in [0.05, 0.1) is 42.2 Å². The van der Waals surface area contributed by atoms with Gasteiger partial charge in [0.25, 0.3) is 5.91 Å². The molecule has 2 aliphatic rings. The van der Waals surface area contributed by atoms with Crippen molar-refractivity contribution in [3.8, 4) is 11.3 Å². The molecule has 2 aliphatic heterocycles. The molecular formula is C48H57ClN12O6S. The first-order chi connectivity index (χ1) is 33.1. The monoisotopic (exact) mass is 964 g/mol. The number of carbonyl (C=O) groups is 5. The van der Waals surface area contributed by atoms with Gasteiger partial charge in [-0.3, -0.25) is 14.4 Å². The molecule has 0 bridgehead atoms. The normalized spacial score (nSPS) is 16.3. The number of thioether (sulfide) groups is 1. The van der Waals surface area contributed by atoms with Crippen LogP contribution in [0.5, 0.6) is 0 Å². The van der Waals surface area contributed by atoms with Gasteiger partial charge in [-0.1, -0.05) is 48.4 Å². The Morgan fingerprint density at radius 3 is 2.54 bits per heavy atom. The SMILES string of the molecule is CN(C/C=C/C(=O)Nc1ccc(C(=O)Nc2cccc(Nc3ncc(Cl)c(-c4c[nH]c5ccccc45)n3)c2)cc1)CCCNC(=O)NCCOCCNC(=O)CCCCC1SCC2NC(=O)NC21. The molecule has 358 valence electrons. The molecule has 2 saturated heterocycles. The Labute approximate surface area is 403 Å². The highest BCUT2D eigenvalue weighted by Gasteiger charge is 2.42. The molecule has 7 rings (SSSR count). The average molecular weight is 966 g/mol. The van der Waals surface area contributed by atoms with Crippen LogP contribution in [0, 0.1) is 0 Å². The van der Waals surface area contributed by atoms with Crippen LogP contribution in [-0.4, -0.2) is 126 Å². The fourth-order valence-electron chi connectivity index (χ4n) is 7.79. The molecule has 0 aliphatic carbocycles. The number of nitrogens with one attached hydrogen (secondary N) is 9. The van der Waals surface area contributed by atoms with E-state index >= 15 is 0 Å². The van der Waals surface area contributed by atoms with Crippen molar-refractivity contribution in [2.24, 2.45) is 0 Å². The number of likely N-dealkylation sites (N-methyl/N-ethyl adjacent to an activating group) is 1. The molecule has 5 aromatic rings. The number of rotatable bonds is 24. The highest BCUT2D eigenvalue weighted by molar-refractivity contribution is 8.00. The number of hydrogen-bond donors (Lipinski definition) is 9. The number of aromatic amines is 1. The van der Waals surface area contributed by atoms with Gasteiger partial charge in [0.1, 0.15) is 0 Å². The van der Waals surface area contributed by atoms with E-state index in [9.17, 15) is 24.0 Å². The number of urea groups is 2. The van der Waals surface area contributed by atoms with Crippen molar-refractivity contribution in [2.45, 2.75) is 49.4 Å². The van der Waals surface area contributed by atoms with Gasteiger partial charge >= 0.3 is 12.1 Å². The molecule has 0 radical (unpaired) electrons. The van der Waals surface area contributed by atoms with Gasteiger partial charge in [-0.25, -0.2) is 19.6 Å². The van der Waals surface area contributed by atoms with Gasteiger partial charge < -0.3 is 57.2 Å². The summed E-state index contributed by atoms with van der Waals surface area (Å²) in [6, 6.07) is 21.7. The number of aromatic nitrogens is 3. The van der Waals surface area contributed by atoms with Gasteiger partial charge in [-0.05, 0) is 81.4 Å². The van der Waals surface area contributed by atoms with E-state index in [0.717, 1.165) is 41.5 Å². The fourth-order valence-corrected chi connectivity index (χ4v) is 9.52. The zero-order chi connectivity index (χ0) is 47.7. The van der Waals surface area contributed by atoms with Gasteiger partial charge in [-0.15, -0.1) is 0 Å². The van der Waals surface area contributed by atoms with Crippen LogP contribution in [0.15, 0.2) is 97.3 Å². The van der Waals surface area contributed by atoms with Gasteiger partial charge in [0.15, 0.2) is 0 Å². The minimum absolute atomic E-state index is 0.00611. The number of H-pyrrole nitrogens is 1. The lowest BCUT2D eigenvalue weighted by Gasteiger charge is -2.16. The second-order valence-corrected chi connectivity index (χ2v) is 18.1. The number of anilines is 4. The molecule has 18 nitrogen and oxygen atoms in total. The summed E-state index contributed by atoms with van der Waals surface area (Å²) in [4.78, 5) is 75.8. The van der Waals surface area contributed by atoms with Crippen LogP contribution < -0.4 is 42.5 Å². The zero-order valence-corrected chi connectivity index (χ0v) is 39.3. The first-order valence-corrected chi connectivity index (χ1v) is 24.1. The summed E-state index contributed by atoms with van der Waals surface area (Å²) in [6.07, 6.45) is 10.5. The molecule has 68 heavy (non-hydrogen) atoms. The number of ether oxygens (including phenoxy) is 1. The maximum Gasteiger partial charge on any atom is 0.315 e. The van der Waals surface area contributed by atoms with E-state index < -0.39 is 0 Å². The molecule has 20 heteroatoms. The van der Waals surface area contributed by atoms with Crippen LogP contribution >= 0.6 is 23.4 Å². The number of benzene rings is 3.